The van der Waals surface area contributed by atoms with Crippen molar-refractivity contribution >= 4 is 53.0 Å². The van der Waals surface area contributed by atoms with Gasteiger partial charge in [0.1, 0.15) is 18.1 Å². The molecule has 2 aromatic carbocycles. The molecule has 1 N–H and O–H groups in total. The van der Waals surface area contributed by atoms with Crippen molar-refractivity contribution in [3.63, 3.8) is 0 Å². The Morgan fingerprint density at radius 2 is 1.79 bits per heavy atom. The molecule has 5 atom stereocenters. The number of nitrogens with one attached hydrogen (secondary N) is 1. The lowest BCUT2D eigenvalue weighted by Crippen LogP contribution is -2.47. The number of cyclic esters (lactones) is 2. The van der Waals surface area contributed by atoms with Gasteiger partial charge < -0.3 is 29.0 Å². The summed E-state index contributed by atoms with van der Waals surface area (Å²) >= 11 is 12.1. The van der Waals surface area contributed by atoms with Gasteiger partial charge in [0, 0.05) is 23.2 Å². The number of carbonyl (C=O) groups excluding carboxylic acids is 5. The number of carbonyl (C=O) groups is 5. The molecule has 252 valence electrons. The van der Waals surface area contributed by atoms with Gasteiger partial charge in [-0.05, 0) is 37.1 Å². The van der Waals surface area contributed by atoms with E-state index in [0.717, 1.165) is 5.56 Å². The number of methoxy groups -OCH3 is 1. The van der Waals surface area contributed by atoms with Crippen LogP contribution >= 0.6 is 23.2 Å². The molecule has 14 heteroatoms. The largest absolute Gasteiger partial charge is 0.493 e. The molecule has 2 aliphatic rings. The minimum absolute atomic E-state index is 0.00550. The van der Waals surface area contributed by atoms with Gasteiger partial charge in [-0.15, -0.1) is 0 Å². The zero-order valence-corrected chi connectivity index (χ0v) is 27.9. The summed E-state index contributed by atoms with van der Waals surface area (Å²) in [5.41, 5.74) is -0.974. The molecule has 1 amide bonds. The molecule has 1 saturated heterocycles. The van der Waals surface area contributed by atoms with Crippen LogP contribution in [-0.2, 0) is 28.6 Å². The third-order valence-electron chi connectivity index (χ3n) is 8.16. The minimum atomic E-state index is -1.52. The molecule has 1 saturated carbocycles. The quantitative estimate of drug-likeness (QED) is 0.251. The average Bonchev–Trinajstić information content (AvgIpc) is 3.81. The van der Waals surface area contributed by atoms with E-state index in [0.29, 0.717) is 5.02 Å². The second kappa shape index (κ2) is 14.2. The number of benzene rings is 2. The van der Waals surface area contributed by atoms with Crippen LogP contribution in [0.5, 0.6) is 11.5 Å². The fourth-order valence-corrected chi connectivity index (χ4v) is 6.07. The second-order valence-corrected chi connectivity index (χ2v) is 12.5. The Labute approximate surface area is 285 Å². The highest BCUT2D eigenvalue weighted by atomic mass is 35.5. The molecule has 0 bridgehead atoms. The first kappa shape index (κ1) is 34.6. The maximum atomic E-state index is 13.8. The van der Waals surface area contributed by atoms with Gasteiger partial charge in [-0.2, -0.15) is 0 Å². The Balaban J connectivity index is 1.42. The average molecular weight is 700 g/mol. The Hall–Kier alpha value is -4.68. The van der Waals surface area contributed by atoms with Crippen LogP contribution in [0.15, 0.2) is 60.8 Å². The molecule has 1 aliphatic carbocycles. The number of pyridine rings is 1. The van der Waals surface area contributed by atoms with Crippen LogP contribution in [0.3, 0.4) is 0 Å². The maximum absolute atomic E-state index is 13.8. The first-order valence-corrected chi connectivity index (χ1v) is 15.8. The molecule has 2 fully saturated rings. The molecule has 1 aliphatic heterocycles. The van der Waals surface area contributed by atoms with Gasteiger partial charge in [-0.3, -0.25) is 14.4 Å². The number of ether oxygens (including phenoxy) is 5. The van der Waals surface area contributed by atoms with E-state index in [2.05, 4.69) is 10.3 Å². The summed E-state index contributed by atoms with van der Waals surface area (Å²) in [7, 11) is 1.29. The molecular formula is C34H32Cl2N2O10. The maximum Gasteiger partial charge on any atom is 0.345 e. The topological polar surface area (TPSA) is 156 Å². The standard InChI is InChI=1S/C34H32Cl2N2O10/c1-17(2)30(40)48-28-18(3)46-32(42)24(16-45-33(43)34(28)15-22(34)19-8-6-5-7-9-19)38-29(39)26-27(25(44-4)12-13-37-26)47-31(41)21-11-10-20(35)14-23(21)36/h5-14,17-18,22,24,28H,15-16H2,1-4H3,(H,38,39)/t18-,22-,24-,28-,34+/m0/s1. The fraction of sp³-hybridized carbons (Fsp3) is 0.353. The highest BCUT2D eigenvalue weighted by Gasteiger charge is 2.70. The van der Waals surface area contributed by atoms with Crippen molar-refractivity contribution in [1.29, 1.82) is 0 Å². The highest BCUT2D eigenvalue weighted by Crippen LogP contribution is 2.64. The van der Waals surface area contributed by atoms with Crippen molar-refractivity contribution in [3.8, 4) is 11.5 Å². The number of rotatable bonds is 8. The van der Waals surface area contributed by atoms with Gasteiger partial charge in [-0.1, -0.05) is 67.4 Å². The lowest BCUT2D eigenvalue weighted by molar-refractivity contribution is -0.179. The van der Waals surface area contributed by atoms with Gasteiger partial charge in [0.2, 0.25) is 5.75 Å². The predicted octanol–water partition coefficient (Wildman–Crippen LogP) is 4.94. The van der Waals surface area contributed by atoms with Crippen LogP contribution in [0, 0.1) is 11.3 Å². The lowest BCUT2D eigenvalue weighted by atomic mass is 9.89. The zero-order chi connectivity index (χ0) is 34.7. The molecule has 0 unspecified atom stereocenters. The van der Waals surface area contributed by atoms with Crippen LogP contribution in [-0.4, -0.2) is 66.7 Å². The van der Waals surface area contributed by atoms with E-state index in [1.165, 1.54) is 44.5 Å². The molecule has 5 rings (SSSR count). The van der Waals surface area contributed by atoms with Crippen molar-refractivity contribution in [2.24, 2.45) is 11.3 Å². The number of halogens is 2. The summed E-state index contributed by atoms with van der Waals surface area (Å²) in [5, 5.41) is 2.76. The van der Waals surface area contributed by atoms with Crippen molar-refractivity contribution in [1.82, 2.24) is 10.3 Å². The van der Waals surface area contributed by atoms with Crippen molar-refractivity contribution in [2.75, 3.05) is 13.7 Å². The van der Waals surface area contributed by atoms with Gasteiger partial charge in [-0.25, -0.2) is 14.6 Å². The zero-order valence-electron chi connectivity index (χ0n) is 26.4. The van der Waals surface area contributed by atoms with Gasteiger partial charge in [0.25, 0.3) is 5.91 Å². The summed E-state index contributed by atoms with van der Waals surface area (Å²) < 4.78 is 28.0. The molecule has 12 nitrogen and oxygen atoms in total. The van der Waals surface area contributed by atoms with Crippen molar-refractivity contribution in [2.45, 2.75) is 51.4 Å². The van der Waals surface area contributed by atoms with Crippen LogP contribution in [0.1, 0.15) is 59.5 Å². The summed E-state index contributed by atoms with van der Waals surface area (Å²) in [6, 6.07) is 13.2. The van der Waals surface area contributed by atoms with Gasteiger partial charge in [0.05, 0.1) is 23.6 Å². The predicted molar refractivity (Wildman–Crippen MR) is 171 cm³/mol. The van der Waals surface area contributed by atoms with Crippen LogP contribution in [0.2, 0.25) is 10.0 Å². The van der Waals surface area contributed by atoms with E-state index < -0.39 is 71.7 Å². The Bertz CT molecular complexity index is 1750. The second-order valence-electron chi connectivity index (χ2n) is 11.7. The molecule has 1 spiro atoms. The Morgan fingerprint density at radius 3 is 2.46 bits per heavy atom. The SMILES string of the molecule is COc1ccnc(C(=O)N[C@H]2COC(=O)[C@@]3(C[C@H]3c3ccccc3)[C@@H](OC(=O)C(C)C)[C@H](C)OC2=O)c1OC(=O)c1ccc(Cl)cc1Cl. The van der Waals surface area contributed by atoms with Gasteiger partial charge in [0.15, 0.2) is 23.6 Å². The molecular weight excluding hydrogens is 667 g/mol. The minimum Gasteiger partial charge on any atom is -0.493 e. The lowest BCUT2D eigenvalue weighted by Gasteiger charge is -2.30. The number of esters is 4. The molecule has 1 aromatic heterocycles. The van der Waals surface area contributed by atoms with E-state index in [1.807, 2.05) is 30.3 Å². The van der Waals surface area contributed by atoms with Gasteiger partial charge >= 0.3 is 23.9 Å². The number of nitrogens with zero attached hydrogens (tertiary/aromatic N) is 1. The third kappa shape index (κ3) is 6.95. The summed E-state index contributed by atoms with van der Waals surface area (Å²) in [6.45, 7) is 4.20. The molecule has 0 radical (unpaired) electrons. The Kier molecular flexibility index (Phi) is 10.3. The van der Waals surface area contributed by atoms with Crippen LogP contribution < -0.4 is 14.8 Å². The summed E-state index contributed by atoms with van der Waals surface area (Å²) in [5.74, 6) is -5.46. The molecule has 3 aromatic rings. The number of hydrogen-bond acceptors (Lipinski definition) is 11. The van der Waals surface area contributed by atoms with E-state index in [1.54, 1.807) is 13.8 Å². The van der Waals surface area contributed by atoms with E-state index in [9.17, 15) is 24.0 Å². The van der Waals surface area contributed by atoms with Crippen LogP contribution in [0.4, 0.5) is 0 Å². The number of hydrogen-bond donors (Lipinski definition) is 1. The fourth-order valence-electron chi connectivity index (χ4n) is 5.59. The number of aromatic nitrogens is 1. The summed E-state index contributed by atoms with van der Waals surface area (Å²) in [4.78, 5) is 70.8. The monoisotopic (exact) mass is 698 g/mol. The summed E-state index contributed by atoms with van der Waals surface area (Å²) in [6.07, 6.45) is -0.757. The third-order valence-corrected chi connectivity index (χ3v) is 8.70. The first-order chi connectivity index (χ1) is 22.9. The smallest absolute Gasteiger partial charge is 0.345 e. The normalized spacial score (nSPS) is 23.6. The van der Waals surface area contributed by atoms with Crippen molar-refractivity contribution in [3.05, 3.63) is 87.7 Å². The molecule has 48 heavy (non-hydrogen) atoms. The van der Waals surface area contributed by atoms with E-state index in [-0.39, 0.29) is 34.4 Å². The molecule has 2 heterocycles. The first-order valence-electron chi connectivity index (χ1n) is 15.0. The van der Waals surface area contributed by atoms with Crippen molar-refractivity contribution < 1.29 is 47.7 Å². The number of amides is 1. The van der Waals surface area contributed by atoms with E-state index >= 15 is 0 Å². The van der Waals surface area contributed by atoms with E-state index in [4.69, 9.17) is 46.9 Å². The van der Waals surface area contributed by atoms with Crippen LogP contribution in [0.25, 0.3) is 0 Å². The Morgan fingerprint density at radius 1 is 1.06 bits per heavy atom. The highest BCUT2D eigenvalue weighted by molar-refractivity contribution is 6.36.